The summed E-state index contributed by atoms with van der Waals surface area (Å²) in [6, 6.07) is 15.4. The Kier molecular flexibility index (Phi) is 6.01. The van der Waals surface area contributed by atoms with E-state index in [1.54, 1.807) is 13.2 Å². The SMILES string of the molecule is C#CCN1C(=O)S/C(=C\c2cn(CCOc3ccccc3OC)c3ccccc23)C1=O. The Balaban J connectivity index is 1.58. The van der Waals surface area contributed by atoms with E-state index in [1.807, 2.05) is 54.7 Å². The zero-order chi connectivity index (χ0) is 21.8. The van der Waals surface area contributed by atoms with Crippen LogP contribution in [0.25, 0.3) is 17.0 Å². The molecule has 0 radical (unpaired) electrons. The third-order valence-corrected chi connectivity index (χ3v) is 5.80. The van der Waals surface area contributed by atoms with Crippen molar-refractivity contribution in [3.05, 3.63) is 65.2 Å². The van der Waals surface area contributed by atoms with Gasteiger partial charge >= 0.3 is 0 Å². The van der Waals surface area contributed by atoms with E-state index in [-0.39, 0.29) is 17.7 Å². The lowest BCUT2D eigenvalue weighted by Crippen LogP contribution is -2.28. The van der Waals surface area contributed by atoms with E-state index in [2.05, 4.69) is 10.5 Å². The average Bonchev–Trinajstić information content (AvgIpc) is 3.27. The van der Waals surface area contributed by atoms with E-state index < -0.39 is 0 Å². The van der Waals surface area contributed by atoms with Crippen molar-refractivity contribution in [3.8, 4) is 23.8 Å². The lowest BCUT2D eigenvalue weighted by Gasteiger charge is -2.11. The molecule has 2 aromatic carbocycles. The van der Waals surface area contributed by atoms with Crippen molar-refractivity contribution in [2.75, 3.05) is 20.3 Å². The molecule has 2 heterocycles. The zero-order valence-corrected chi connectivity index (χ0v) is 17.7. The van der Waals surface area contributed by atoms with Crippen LogP contribution in [0.5, 0.6) is 11.5 Å². The molecule has 0 bridgehead atoms. The largest absolute Gasteiger partial charge is 0.493 e. The fourth-order valence-corrected chi connectivity index (χ4v) is 4.27. The normalized spacial score (nSPS) is 15.0. The highest BCUT2D eigenvalue weighted by Gasteiger charge is 2.34. The van der Waals surface area contributed by atoms with Gasteiger partial charge in [0.25, 0.3) is 11.1 Å². The Hall–Kier alpha value is -3.63. The first kappa shape index (κ1) is 20.6. The fraction of sp³-hybridized carbons (Fsp3) is 0.167. The monoisotopic (exact) mass is 432 g/mol. The first-order valence-corrected chi connectivity index (χ1v) is 10.5. The standard InChI is InChI=1S/C24H20N2O4S/c1-3-12-26-23(27)22(31-24(26)28)15-17-16-25(19-9-5-4-8-18(17)19)13-14-30-21-11-7-6-10-20(21)29-2/h1,4-11,15-16H,12-14H2,2H3/b22-15-. The number of fused-ring (bicyclic) bond motifs is 1. The van der Waals surface area contributed by atoms with Gasteiger partial charge in [-0.1, -0.05) is 36.3 Å². The van der Waals surface area contributed by atoms with Gasteiger partial charge in [-0.25, -0.2) is 0 Å². The molecule has 0 unspecified atom stereocenters. The van der Waals surface area contributed by atoms with Crippen molar-refractivity contribution in [3.63, 3.8) is 0 Å². The van der Waals surface area contributed by atoms with Crippen LogP contribution in [0.1, 0.15) is 5.56 Å². The number of hydrogen-bond acceptors (Lipinski definition) is 5. The van der Waals surface area contributed by atoms with Crippen LogP contribution in [0.15, 0.2) is 59.6 Å². The van der Waals surface area contributed by atoms with Gasteiger partial charge < -0.3 is 14.0 Å². The van der Waals surface area contributed by atoms with Gasteiger partial charge in [-0.3, -0.25) is 14.5 Å². The van der Waals surface area contributed by atoms with Gasteiger partial charge in [0.1, 0.15) is 6.61 Å². The van der Waals surface area contributed by atoms with E-state index in [0.717, 1.165) is 33.1 Å². The molecule has 0 spiro atoms. The summed E-state index contributed by atoms with van der Waals surface area (Å²) in [5, 5.41) is 0.645. The molecule has 0 saturated carbocycles. The lowest BCUT2D eigenvalue weighted by molar-refractivity contribution is -0.122. The number of terminal acetylenes is 1. The molecule has 6 nitrogen and oxygen atoms in total. The van der Waals surface area contributed by atoms with E-state index in [9.17, 15) is 9.59 Å². The highest BCUT2D eigenvalue weighted by atomic mass is 32.2. The fourth-order valence-electron chi connectivity index (χ4n) is 3.44. The molecule has 1 aliphatic heterocycles. The molecular formula is C24H20N2O4S. The van der Waals surface area contributed by atoms with Gasteiger partial charge in [0.15, 0.2) is 11.5 Å². The van der Waals surface area contributed by atoms with Crippen molar-refractivity contribution in [2.45, 2.75) is 6.54 Å². The van der Waals surface area contributed by atoms with Crippen LogP contribution < -0.4 is 9.47 Å². The van der Waals surface area contributed by atoms with Crippen molar-refractivity contribution >= 4 is 39.9 Å². The molecule has 4 rings (SSSR count). The van der Waals surface area contributed by atoms with E-state index >= 15 is 0 Å². The number of hydrogen-bond donors (Lipinski definition) is 0. The maximum Gasteiger partial charge on any atom is 0.294 e. The minimum atomic E-state index is -0.357. The quantitative estimate of drug-likeness (QED) is 0.409. The summed E-state index contributed by atoms with van der Waals surface area (Å²) in [6.07, 6.45) is 8.98. The van der Waals surface area contributed by atoms with Crippen LogP contribution in [0.3, 0.4) is 0 Å². The Labute approximate surface area is 184 Å². The van der Waals surface area contributed by atoms with Crippen molar-refractivity contribution in [2.24, 2.45) is 0 Å². The smallest absolute Gasteiger partial charge is 0.294 e. The third kappa shape index (κ3) is 4.16. The molecule has 156 valence electrons. The number of imide groups is 1. The number of rotatable bonds is 7. The molecule has 0 atom stereocenters. The van der Waals surface area contributed by atoms with E-state index in [0.29, 0.717) is 29.6 Å². The van der Waals surface area contributed by atoms with Crippen LogP contribution in [0, 0.1) is 12.3 Å². The summed E-state index contributed by atoms with van der Waals surface area (Å²) in [7, 11) is 1.61. The van der Waals surface area contributed by atoms with E-state index in [1.165, 1.54) is 0 Å². The number of amides is 2. The lowest BCUT2D eigenvalue weighted by atomic mass is 10.1. The van der Waals surface area contributed by atoms with Crippen molar-refractivity contribution in [1.29, 1.82) is 0 Å². The predicted molar refractivity (Wildman–Crippen MR) is 122 cm³/mol. The maximum absolute atomic E-state index is 12.5. The molecule has 0 N–H and O–H groups in total. The van der Waals surface area contributed by atoms with Crippen LogP contribution in [0.2, 0.25) is 0 Å². The van der Waals surface area contributed by atoms with Gasteiger partial charge in [-0.05, 0) is 36.0 Å². The van der Waals surface area contributed by atoms with Gasteiger partial charge in [-0.15, -0.1) is 6.42 Å². The van der Waals surface area contributed by atoms with Gasteiger partial charge in [0.2, 0.25) is 0 Å². The molecule has 2 amide bonds. The molecule has 0 aliphatic carbocycles. The highest BCUT2D eigenvalue weighted by Crippen LogP contribution is 2.34. The number of carbonyl (C=O) groups excluding carboxylic acids is 2. The first-order chi connectivity index (χ1) is 15.1. The van der Waals surface area contributed by atoms with Gasteiger partial charge in [0, 0.05) is 22.7 Å². The molecule has 1 saturated heterocycles. The summed E-state index contributed by atoms with van der Waals surface area (Å²) < 4.78 is 13.3. The number of thioether (sulfide) groups is 1. The topological polar surface area (TPSA) is 60.8 Å². The Morgan fingerprint density at radius 1 is 1.10 bits per heavy atom. The summed E-state index contributed by atoms with van der Waals surface area (Å²) in [4.78, 5) is 26.0. The number of aromatic nitrogens is 1. The number of methoxy groups -OCH3 is 1. The second-order valence-corrected chi connectivity index (χ2v) is 7.76. The Bertz CT molecular complexity index is 1220. The van der Waals surface area contributed by atoms with Gasteiger partial charge in [0.05, 0.1) is 25.1 Å². The molecule has 7 heteroatoms. The summed E-state index contributed by atoms with van der Waals surface area (Å²) in [5.74, 6) is 3.36. The average molecular weight is 433 g/mol. The van der Waals surface area contributed by atoms with Crippen LogP contribution in [-0.2, 0) is 11.3 Å². The summed E-state index contributed by atoms with van der Waals surface area (Å²) in [6.45, 7) is 1.02. The zero-order valence-electron chi connectivity index (χ0n) is 16.9. The molecule has 1 fully saturated rings. The molecular weight excluding hydrogens is 412 g/mol. The predicted octanol–water partition coefficient (Wildman–Crippen LogP) is 4.40. The Morgan fingerprint density at radius 2 is 1.84 bits per heavy atom. The molecule has 31 heavy (non-hydrogen) atoms. The molecule has 1 aliphatic rings. The van der Waals surface area contributed by atoms with Gasteiger partial charge in [-0.2, -0.15) is 0 Å². The maximum atomic E-state index is 12.5. The Morgan fingerprint density at radius 3 is 2.61 bits per heavy atom. The van der Waals surface area contributed by atoms with Crippen LogP contribution in [-0.4, -0.2) is 40.9 Å². The number of nitrogens with zero attached hydrogens (tertiary/aromatic N) is 2. The van der Waals surface area contributed by atoms with E-state index in [4.69, 9.17) is 15.9 Å². The van der Waals surface area contributed by atoms with Crippen LogP contribution in [0.4, 0.5) is 4.79 Å². The first-order valence-electron chi connectivity index (χ1n) is 9.65. The second kappa shape index (κ2) is 9.02. The third-order valence-electron chi connectivity index (χ3n) is 4.89. The van der Waals surface area contributed by atoms with Crippen molar-refractivity contribution in [1.82, 2.24) is 9.47 Å². The number of ether oxygens (including phenoxy) is 2. The number of benzene rings is 2. The van der Waals surface area contributed by atoms with Crippen LogP contribution >= 0.6 is 11.8 Å². The molecule has 1 aromatic heterocycles. The summed E-state index contributed by atoms with van der Waals surface area (Å²) in [5.41, 5.74) is 1.87. The highest BCUT2D eigenvalue weighted by molar-refractivity contribution is 8.18. The summed E-state index contributed by atoms with van der Waals surface area (Å²) >= 11 is 0.909. The second-order valence-electron chi connectivity index (χ2n) is 6.77. The minimum Gasteiger partial charge on any atom is -0.493 e. The number of carbonyl (C=O) groups is 2. The minimum absolute atomic E-state index is 0.0238. The number of para-hydroxylation sites is 3. The van der Waals surface area contributed by atoms with Crippen molar-refractivity contribution < 1.29 is 19.1 Å². The molecule has 3 aromatic rings.